The highest BCUT2D eigenvalue weighted by Gasteiger charge is 2.54. The molecule has 3 nitrogen and oxygen atoms in total. The summed E-state index contributed by atoms with van der Waals surface area (Å²) in [6.07, 6.45) is 1.88. The summed E-state index contributed by atoms with van der Waals surface area (Å²) in [5.74, 6) is 3.65. The number of hydrogen-bond acceptors (Lipinski definition) is 3. The van der Waals surface area contributed by atoms with E-state index in [9.17, 15) is 0 Å². The summed E-state index contributed by atoms with van der Waals surface area (Å²) in [6.45, 7) is 5.31. The molecule has 1 aromatic heterocycles. The van der Waals surface area contributed by atoms with E-state index in [2.05, 4.69) is 22.9 Å². The number of nitrogens with zero attached hydrogens (tertiary/aromatic N) is 2. The summed E-state index contributed by atoms with van der Waals surface area (Å²) in [5, 5.41) is 0. The lowest BCUT2D eigenvalue weighted by molar-refractivity contribution is 0.643. The lowest BCUT2D eigenvalue weighted by Gasteiger charge is -2.22. The molecule has 1 aliphatic carbocycles. The van der Waals surface area contributed by atoms with E-state index in [1.165, 1.54) is 11.4 Å². The first-order valence-corrected chi connectivity index (χ1v) is 5.68. The Bertz CT molecular complexity index is 365. The van der Waals surface area contributed by atoms with Crippen molar-refractivity contribution >= 4 is 5.82 Å². The van der Waals surface area contributed by atoms with Crippen LogP contribution in [0.1, 0.15) is 5.56 Å². The van der Waals surface area contributed by atoms with Gasteiger partial charge in [-0.05, 0) is 42.9 Å². The van der Waals surface area contributed by atoms with E-state index in [4.69, 9.17) is 5.73 Å². The van der Waals surface area contributed by atoms with Gasteiger partial charge in [0.15, 0.2) is 0 Å². The third kappa shape index (κ3) is 1.34. The van der Waals surface area contributed by atoms with Crippen molar-refractivity contribution in [3.8, 4) is 0 Å². The fraction of sp³-hybridized carbons (Fsp3) is 0.583. The van der Waals surface area contributed by atoms with Crippen LogP contribution in [-0.4, -0.2) is 24.6 Å². The first kappa shape index (κ1) is 9.16. The Morgan fingerprint density at radius 2 is 2.20 bits per heavy atom. The molecule has 1 aromatic rings. The van der Waals surface area contributed by atoms with Crippen LogP contribution in [0.3, 0.4) is 0 Å². The number of fused-ring (bicyclic) bond motifs is 1. The highest BCUT2D eigenvalue weighted by atomic mass is 15.2. The van der Waals surface area contributed by atoms with E-state index in [1.807, 2.05) is 12.3 Å². The number of aromatic nitrogens is 1. The number of hydrogen-bond donors (Lipinski definition) is 1. The first-order chi connectivity index (χ1) is 7.31. The molecule has 2 N–H and O–H groups in total. The van der Waals surface area contributed by atoms with Gasteiger partial charge < -0.3 is 10.6 Å². The van der Waals surface area contributed by atoms with Crippen molar-refractivity contribution < 1.29 is 0 Å². The van der Waals surface area contributed by atoms with Crippen molar-refractivity contribution in [1.29, 1.82) is 0 Å². The Morgan fingerprint density at radius 3 is 2.80 bits per heavy atom. The minimum Gasteiger partial charge on any atom is -0.356 e. The van der Waals surface area contributed by atoms with Crippen LogP contribution in [0.25, 0.3) is 0 Å². The Hall–Kier alpha value is -1.09. The maximum Gasteiger partial charge on any atom is 0.131 e. The van der Waals surface area contributed by atoms with E-state index in [-0.39, 0.29) is 0 Å². The van der Waals surface area contributed by atoms with Gasteiger partial charge in [0.2, 0.25) is 0 Å². The molecule has 15 heavy (non-hydrogen) atoms. The third-order valence-electron chi connectivity index (χ3n) is 3.92. The van der Waals surface area contributed by atoms with Crippen LogP contribution in [0, 0.1) is 24.7 Å². The molecule has 1 aliphatic heterocycles. The molecule has 2 fully saturated rings. The molecule has 3 heteroatoms. The minimum absolute atomic E-state index is 0.797. The van der Waals surface area contributed by atoms with Crippen LogP contribution in [-0.2, 0) is 0 Å². The predicted octanol–water partition coefficient (Wildman–Crippen LogP) is 1.03. The van der Waals surface area contributed by atoms with E-state index in [1.54, 1.807) is 0 Å². The van der Waals surface area contributed by atoms with E-state index in [0.29, 0.717) is 0 Å². The number of rotatable bonds is 2. The molecule has 3 rings (SSSR count). The number of aryl methyl sites for hydroxylation is 1. The van der Waals surface area contributed by atoms with Crippen molar-refractivity contribution in [2.24, 2.45) is 23.5 Å². The van der Waals surface area contributed by atoms with Crippen molar-refractivity contribution in [3.63, 3.8) is 0 Å². The fourth-order valence-electron chi connectivity index (χ4n) is 2.98. The summed E-state index contributed by atoms with van der Waals surface area (Å²) in [6, 6.07) is 4.13. The maximum atomic E-state index is 5.70. The van der Waals surface area contributed by atoms with E-state index in [0.717, 1.165) is 37.4 Å². The lowest BCUT2D eigenvalue weighted by Crippen LogP contribution is -2.27. The largest absolute Gasteiger partial charge is 0.356 e. The van der Waals surface area contributed by atoms with Gasteiger partial charge in [0.25, 0.3) is 0 Å². The molecular formula is C12H17N3. The zero-order valence-corrected chi connectivity index (χ0v) is 9.06. The number of pyridine rings is 1. The van der Waals surface area contributed by atoms with Crippen LogP contribution in [0.4, 0.5) is 5.82 Å². The normalized spacial score (nSPS) is 32.9. The lowest BCUT2D eigenvalue weighted by atomic mass is 10.2. The van der Waals surface area contributed by atoms with Gasteiger partial charge >= 0.3 is 0 Å². The summed E-state index contributed by atoms with van der Waals surface area (Å²) in [4.78, 5) is 6.87. The second-order valence-corrected chi connectivity index (χ2v) is 4.78. The first-order valence-electron chi connectivity index (χ1n) is 5.68. The quantitative estimate of drug-likeness (QED) is 0.780. The molecular weight excluding hydrogens is 186 g/mol. The second kappa shape index (κ2) is 3.20. The monoisotopic (exact) mass is 203 g/mol. The molecule has 2 heterocycles. The second-order valence-electron chi connectivity index (χ2n) is 4.78. The van der Waals surface area contributed by atoms with Gasteiger partial charge in [-0.2, -0.15) is 0 Å². The summed E-state index contributed by atoms with van der Waals surface area (Å²) in [7, 11) is 0. The Labute approximate surface area is 90.3 Å². The zero-order chi connectivity index (χ0) is 10.4. The smallest absolute Gasteiger partial charge is 0.131 e. The van der Waals surface area contributed by atoms with Crippen LogP contribution in [0.15, 0.2) is 18.3 Å². The topological polar surface area (TPSA) is 42.2 Å². The molecule has 0 aromatic carbocycles. The van der Waals surface area contributed by atoms with Gasteiger partial charge in [-0.25, -0.2) is 4.98 Å². The Kier molecular flexibility index (Phi) is 1.96. The van der Waals surface area contributed by atoms with Crippen LogP contribution >= 0.6 is 0 Å². The molecule has 0 amide bonds. The maximum absolute atomic E-state index is 5.70. The fourth-order valence-corrected chi connectivity index (χ4v) is 2.98. The van der Waals surface area contributed by atoms with Crippen LogP contribution in [0.2, 0.25) is 0 Å². The highest BCUT2D eigenvalue weighted by molar-refractivity contribution is 5.48. The number of nitrogens with two attached hydrogens (primary N) is 1. The molecule has 1 saturated heterocycles. The number of piperidine rings is 1. The summed E-state index contributed by atoms with van der Waals surface area (Å²) < 4.78 is 0. The van der Waals surface area contributed by atoms with Gasteiger partial charge in [0.05, 0.1) is 0 Å². The molecule has 2 unspecified atom stereocenters. The third-order valence-corrected chi connectivity index (χ3v) is 3.92. The standard InChI is InChI=1S/C12H17N3/c1-8-3-2-4-14-12(8)15-6-10-9(5-13)11(10)7-15/h2-4,9-11H,5-7,13H2,1H3. The molecule has 2 aliphatic rings. The molecule has 0 spiro atoms. The van der Waals surface area contributed by atoms with E-state index >= 15 is 0 Å². The van der Waals surface area contributed by atoms with Crippen molar-refractivity contribution in [2.75, 3.05) is 24.5 Å². The van der Waals surface area contributed by atoms with Crippen molar-refractivity contribution in [3.05, 3.63) is 23.9 Å². The van der Waals surface area contributed by atoms with E-state index < -0.39 is 0 Å². The molecule has 0 radical (unpaired) electrons. The van der Waals surface area contributed by atoms with Crippen LogP contribution in [0.5, 0.6) is 0 Å². The zero-order valence-electron chi connectivity index (χ0n) is 9.06. The Morgan fingerprint density at radius 1 is 1.47 bits per heavy atom. The predicted molar refractivity (Wildman–Crippen MR) is 60.7 cm³/mol. The van der Waals surface area contributed by atoms with Gasteiger partial charge in [0.1, 0.15) is 5.82 Å². The van der Waals surface area contributed by atoms with Crippen molar-refractivity contribution in [2.45, 2.75) is 6.92 Å². The Balaban J connectivity index is 1.75. The molecule has 2 atom stereocenters. The van der Waals surface area contributed by atoms with Crippen LogP contribution < -0.4 is 10.6 Å². The average molecular weight is 203 g/mol. The number of anilines is 1. The van der Waals surface area contributed by atoms with Gasteiger partial charge in [-0.1, -0.05) is 6.07 Å². The van der Waals surface area contributed by atoms with Gasteiger partial charge in [-0.15, -0.1) is 0 Å². The molecule has 80 valence electrons. The molecule has 1 saturated carbocycles. The van der Waals surface area contributed by atoms with Crippen molar-refractivity contribution in [1.82, 2.24) is 4.98 Å². The highest BCUT2D eigenvalue weighted by Crippen LogP contribution is 2.51. The van der Waals surface area contributed by atoms with Gasteiger partial charge in [0, 0.05) is 19.3 Å². The minimum atomic E-state index is 0.797. The molecule has 0 bridgehead atoms. The van der Waals surface area contributed by atoms with Gasteiger partial charge in [-0.3, -0.25) is 0 Å². The SMILES string of the molecule is Cc1cccnc1N1CC2C(CN)C2C1. The summed E-state index contributed by atoms with van der Waals surface area (Å²) >= 11 is 0. The summed E-state index contributed by atoms with van der Waals surface area (Å²) in [5.41, 5.74) is 6.98. The average Bonchev–Trinajstić information content (AvgIpc) is 2.72.